The zero-order valence-electron chi connectivity index (χ0n) is 8.69. The molecule has 0 unspecified atom stereocenters. The molecule has 1 atom stereocenters. The lowest BCUT2D eigenvalue weighted by Gasteiger charge is -2.22. The molecule has 1 aliphatic rings. The Balaban J connectivity index is 2.30. The summed E-state index contributed by atoms with van der Waals surface area (Å²) >= 11 is 3.19. The van der Waals surface area contributed by atoms with Crippen LogP contribution in [-0.4, -0.2) is 31.7 Å². The number of pyridine rings is 1. The highest BCUT2D eigenvalue weighted by Crippen LogP contribution is 2.20. The van der Waals surface area contributed by atoms with Crippen molar-refractivity contribution in [3.05, 3.63) is 22.8 Å². The fraction of sp³-hybridized carbons (Fsp3) is 0.500. The van der Waals surface area contributed by atoms with Crippen LogP contribution in [0.1, 0.15) is 12.8 Å². The third-order valence-electron chi connectivity index (χ3n) is 2.67. The Bertz CT molecular complexity index is 469. The number of piperidine rings is 1. The van der Waals surface area contributed by atoms with E-state index in [0.29, 0.717) is 17.6 Å². The Morgan fingerprint density at radius 2 is 2.25 bits per heavy atom. The lowest BCUT2D eigenvalue weighted by molar-refractivity contribution is 0.495. The van der Waals surface area contributed by atoms with Crippen LogP contribution in [0.2, 0.25) is 0 Å². The first-order valence-corrected chi connectivity index (χ1v) is 7.52. The zero-order valence-corrected chi connectivity index (χ0v) is 11.1. The van der Waals surface area contributed by atoms with E-state index in [4.69, 9.17) is 0 Å². The predicted molar refractivity (Wildman–Crippen MR) is 65.0 cm³/mol. The molecule has 0 aromatic carbocycles. The van der Waals surface area contributed by atoms with Crippen molar-refractivity contribution in [2.24, 2.45) is 0 Å². The number of nitrogens with one attached hydrogen (secondary N) is 1. The average molecular weight is 305 g/mol. The Hall–Kier alpha value is -0.460. The Morgan fingerprint density at radius 1 is 1.44 bits per heavy atom. The molecule has 1 aliphatic heterocycles. The van der Waals surface area contributed by atoms with E-state index in [2.05, 4.69) is 26.2 Å². The predicted octanol–water partition coefficient (Wildman–Crippen LogP) is 1.37. The maximum Gasteiger partial charge on any atom is 0.199 e. The van der Waals surface area contributed by atoms with Gasteiger partial charge in [0, 0.05) is 6.54 Å². The largest absolute Gasteiger partial charge is 0.315 e. The monoisotopic (exact) mass is 304 g/mol. The standard InChI is InChI=1S/C10H13BrN2O2S/c11-9-4-1-5-10(13-9)16(14,15)8-3-2-6-12-7-8/h1,4-5,8,12H,2-3,6-7H2/t8-/m0/s1. The highest BCUT2D eigenvalue weighted by atomic mass is 79.9. The van der Waals surface area contributed by atoms with Crippen molar-refractivity contribution in [2.75, 3.05) is 13.1 Å². The Labute approximate surface area is 104 Å². The van der Waals surface area contributed by atoms with E-state index >= 15 is 0 Å². The lowest BCUT2D eigenvalue weighted by atomic mass is 10.2. The minimum absolute atomic E-state index is 0.163. The summed E-state index contributed by atoms with van der Waals surface area (Å²) in [5.41, 5.74) is 0. The van der Waals surface area contributed by atoms with E-state index in [-0.39, 0.29) is 10.3 Å². The first kappa shape index (κ1) is 12.0. The van der Waals surface area contributed by atoms with E-state index < -0.39 is 9.84 Å². The second kappa shape index (κ2) is 4.81. The van der Waals surface area contributed by atoms with Gasteiger partial charge in [-0.25, -0.2) is 13.4 Å². The molecule has 1 fully saturated rings. The van der Waals surface area contributed by atoms with Crippen molar-refractivity contribution in [3.63, 3.8) is 0 Å². The minimum atomic E-state index is -3.29. The molecule has 1 N–H and O–H groups in total. The fourth-order valence-corrected chi connectivity index (χ4v) is 3.91. The molecule has 0 amide bonds. The molecule has 0 spiro atoms. The third kappa shape index (κ3) is 2.44. The van der Waals surface area contributed by atoms with Crippen LogP contribution in [0.4, 0.5) is 0 Å². The van der Waals surface area contributed by atoms with Gasteiger partial charge < -0.3 is 5.32 Å². The zero-order chi connectivity index (χ0) is 11.6. The van der Waals surface area contributed by atoms with Gasteiger partial charge in [-0.05, 0) is 47.4 Å². The van der Waals surface area contributed by atoms with Gasteiger partial charge in [0.1, 0.15) is 4.60 Å². The van der Waals surface area contributed by atoms with Gasteiger partial charge in [-0.2, -0.15) is 0 Å². The van der Waals surface area contributed by atoms with Gasteiger partial charge in [-0.15, -0.1) is 0 Å². The van der Waals surface area contributed by atoms with E-state index in [1.165, 1.54) is 0 Å². The topological polar surface area (TPSA) is 59.1 Å². The molecule has 4 nitrogen and oxygen atoms in total. The molecular formula is C10H13BrN2O2S. The number of halogens is 1. The first-order valence-electron chi connectivity index (χ1n) is 5.18. The molecule has 6 heteroatoms. The van der Waals surface area contributed by atoms with Crippen LogP contribution in [0.3, 0.4) is 0 Å². The normalized spacial score (nSPS) is 21.9. The van der Waals surface area contributed by atoms with Gasteiger partial charge in [0.25, 0.3) is 0 Å². The summed E-state index contributed by atoms with van der Waals surface area (Å²) < 4.78 is 25.0. The van der Waals surface area contributed by atoms with Crippen LogP contribution in [-0.2, 0) is 9.84 Å². The first-order chi connectivity index (χ1) is 7.60. The number of nitrogens with zero attached hydrogens (tertiary/aromatic N) is 1. The summed E-state index contributed by atoms with van der Waals surface area (Å²) in [6.07, 6.45) is 1.61. The second-order valence-corrected chi connectivity index (χ2v) is 6.80. The number of sulfone groups is 1. The van der Waals surface area contributed by atoms with Crippen LogP contribution in [0.5, 0.6) is 0 Å². The maximum absolute atomic E-state index is 12.2. The SMILES string of the molecule is O=S(=O)(c1cccc(Br)n1)[C@H]1CCCNC1. The molecule has 2 rings (SSSR count). The van der Waals surface area contributed by atoms with Gasteiger partial charge in [0.15, 0.2) is 14.9 Å². The molecule has 0 saturated carbocycles. The van der Waals surface area contributed by atoms with E-state index in [1.807, 2.05) is 0 Å². The highest BCUT2D eigenvalue weighted by Gasteiger charge is 2.29. The van der Waals surface area contributed by atoms with Crippen molar-refractivity contribution in [3.8, 4) is 0 Å². The summed E-state index contributed by atoms with van der Waals surface area (Å²) in [5.74, 6) is 0. The van der Waals surface area contributed by atoms with Gasteiger partial charge in [0.05, 0.1) is 5.25 Å². The minimum Gasteiger partial charge on any atom is -0.315 e. The smallest absolute Gasteiger partial charge is 0.199 e. The molecule has 1 saturated heterocycles. The summed E-state index contributed by atoms with van der Waals surface area (Å²) in [6, 6.07) is 4.97. The molecule has 16 heavy (non-hydrogen) atoms. The maximum atomic E-state index is 12.2. The molecule has 0 bridgehead atoms. The molecule has 0 radical (unpaired) electrons. The molecule has 1 aromatic heterocycles. The van der Waals surface area contributed by atoms with Crippen LogP contribution >= 0.6 is 15.9 Å². The summed E-state index contributed by atoms with van der Waals surface area (Å²) in [5, 5.41) is 2.92. The summed E-state index contributed by atoms with van der Waals surface area (Å²) in [6.45, 7) is 1.43. The quantitative estimate of drug-likeness (QED) is 0.839. The highest BCUT2D eigenvalue weighted by molar-refractivity contribution is 9.10. The third-order valence-corrected chi connectivity index (χ3v) is 5.20. The molecule has 88 valence electrons. The van der Waals surface area contributed by atoms with Gasteiger partial charge in [-0.3, -0.25) is 0 Å². The number of aromatic nitrogens is 1. The second-order valence-electron chi connectivity index (χ2n) is 3.81. The van der Waals surface area contributed by atoms with Crippen molar-refractivity contribution < 1.29 is 8.42 Å². The van der Waals surface area contributed by atoms with Crippen molar-refractivity contribution >= 4 is 25.8 Å². The number of hydrogen-bond acceptors (Lipinski definition) is 4. The van der Waals surface area contributed by atoms with E-state index in [1.54, 1.807) is 18.2 Å². The van der Waals surface area contributed by atoms with Gasteiger partial charge in [-0.1, -0.05) is 6.07 Å². The van der Waals surface area contributed by atoms with Crippen LogP contribution < -0.4 is 5.32 Å². The summed E-state index contributed by atoms with van der Waals surface area (Å²) in [7, 11) is -3.29. The van der Waals surface area contributed by atoms with Crippen molar-refractivity contribution in [2.45, 2.75) is 23.1 Å². The van der Waals surface area contributed by atoms with Crippen LogP contribution in [0, 0.1) is 0 Å². The fourth-order valence-electron chi connectivity index (χ4n) is 1.80. The molecule has 0 aliphatic carbocycles. The molecular weight excluding hydrogens is 292 g/mol. The Morgan fingerprint density at radius 3 is 2.88 bits per heavy atom. The molecule has 1 aromatic rings. The van der Waals surface area contributed by atoms with E-state index in [0.717, 1.165) is 13.0 Å². The van der Waals surface area contributed by atoms with Gasteiger partial charge >= 0.3 is 0 Å². The van der Waals surface area contributed by atoms with Crippen LogP contribution in [0.15, 0.2) is 27.8 Å². The molecule has 2 heterocycles. The average Bonchev–Trinajstić information content (AvgIpc) is 2.30. The van der Waals surface area contributed by atoms with Crippen molar-refractivity contribution in [1.29, 1.82) is 0 Å². The number of rotatable bonds is 2. The Kier molecular flexibility index (Phi) is 3.61. The number of hydrogen-bond donors (Lipinski definition) is 1. The van der Waals surface area contributed by atoms with Crippen LogP contribution in [0.25, 0.3) is 0 Å². The van der Waals surface area contributed by atoms with Crippen molar-refractivity contribution in [1.82, 2.24) is 10.3 Å². The van der Waals surface area contributed by atoms with Gasteiger partial charge in [0.2, 0.25) is 0 Å². The lowest BCUT2D eigenvalue weighted by Crippen LogP contribution is -2.39. The van der Waals surface area contributed by atoms with E-state index in [9.17, 15) is 8.42 Å². The summed E-state index contributed by atoms with van der Waals surface area (Å²) in [4.78, 5) is 4.02.